The van der Waals surface area contributed by atoms with Crippen molar-refractivity contribution >= 4 is 5.91 Å². The summed E-state index contributed by atoms with van der Waals surface area (Å²) in [4.78, 5) is 13.8. The second kappa shape index (κ2) is 7.29. The Morgan fingerprint density at radius 3 is 2.65 bits per heavy atom. The fourth-order valence-electron chi connectivity index (χ4n) is 1.87. The van der Waals surface area contributed by atoms with Crippen LogP contribution in [0.15, 0.2) is 24.3 Å². The van der Waals surface area contributed by atoms with Gasteiger partial charge in [-0.15, -0.1) is 0 Å². The summed E-state index contributed by atoms with van der Waals surface area (Å²) in [6.45, 7) is 7.59. The highest BCUT2D eigenvalue weighted by Crippen LogP contribution is 2.14. The van der Waals surface area contributed by atoms with E-state index in [0.29, 0.717) is 19.5 Å². The Morgan fingerprint density at radius 1 is 1.35 bits per heavy atom. The number of nitrogens with zero attached hydrogens (tertiary/aromatic N) is 1. The number of methoxy groups -OCH3 is 1. The van der Waals surface area contributed by atoms with E-state index in [1.807, 2.05) is 31.3 Å². The summed E-state index contributed by atoms with van der Waals surface area (Å²) < 4.78 is 5.19. The van der Waals surface area contributed by atoms with Gasteiger partial charge in [-0.1, -0.05) is 12.1 Å². The van der Waals surface area contributed by atoms with Crippen LogP contribution in [0.1, 0.15) is 32.8 Å². The molecule has 1 N–H and O–H groups in total. The van der Waals surface area contributed by atoms with E-state index >= 15 is 0 Å². The van der Waals surface area contributed by atoms with Crippen LogP contribution in [0, 0.1) is 0 Å². The maximum atomic E-state index is 12.0. The average Bonchev–Trinajstić information content (AvgIpc) is 2.37. The molecule has 0 radical (unpaired) electrons. The number of ether oxygens (including phenoxy) is 1. The summed E-state index contributed by atoms with van der Waals surface area (Å²) in [6, 6.07) is 7.79. The molecular weight excluding hydrogens is 252 g/mol. The first-order valence-electron chi connectivity index (χ1n) is 6.94. The van der Waals surface area contributed by atoms with E-state index in [1.165, 1.54) is 0 Å². The maximum absolute atomic E-state index is 12.0. The molecule has 0 aliphatic heterocycles. The fraction of sp³-hybridized carbons (Fsp3) is 0.562. The predicted molar refractivity (Wildman–Crippen MR) is 81.8 cm³/mol. The SMILES string of the molecule is COc1cccc(CN(C)C(=O)CCNC(C)(C)C)c1. The van der Waals surface area contributed by atoms with Crippen LogP contribution >= 0.6 is 0 Å². The van der Waals surface area contributed by atoms with Gasteiger partial charge in [-0.3, -0.25) is 4.79 Å². The molecule has 0 aliphatic rings. The summed E-state index contributed by atoms with van der Waals surface area (Å²) in [7, 11) is 3.48. The highest BCUT2D eigenvalue weighted by molar-refractivity contribution is 5.76. The Bertz CT molecular complexity index is 438. The van der Waals surface area contributed by atoms with Crippen LogP contribution in [0.4, 0.5) is 0 Å². The Hall–Kier alpha value is -1.55. The zero-order valence-corrected chi connectivity index (χ0v) is 13.2. The second-order valence-corrected chi connectivity index (χ2v) is 6.03. The molecule has 0 aromatic heterocycles. The number of benzene rings is 1. The zero-order valence-electron chi connectivity index (χ0n) is 13.2. The van der Waals surface area contributed by atoms with Crippen molar-refractivity contribution in [1.82, 2.24) is 10.2 Å². The average molecular weight is 278 g/mol. The summed E-state index contributed by atoms with van der Waals surface area (Å²) >= 11 is 0. The van der Waals surface area contributed by atoms with Gasteiger partial charge in [0.25, 0.3) is 0 Å². The molecule has 20 heavy (non-hydrogen) atoms. The Balaban J connectivity index is 2.45. The molecule has 0 unspecified atom stereocenters. The molecule has 4 nitrogen and oxygen atoms in total. The largest absolute Gasteiger partial charge is 0.497 e. The monoisotopic (exact) mass is 278 g/mol. The zero-order chi connectivity index (χ0) is 15.2. The molecule has 0 heterocycles. The van der Waals surface area contributed by atoms with Crippen molar-refractivity contribution in [3.63, 3.8) is 0 Å². The van der Waals surface area contributed by atoms with Gasteiger partial charge in [-0.05, 0) is 38.5 Å². The lowest BCUT2D eigenvalue weighted by Gasteiger charge is -2.22. The molecule has 1 rings (SSSR count). The van der Waals surface area contributed by atoms with E-state index in [4.69, 9.17) is 4.74 Å². The molecule has 0 spiro atoms. The summed E-state index contributed by atoms with van der Waals surface area (Å²) in [5, 5.41) is 3.32. The van der Waals surface area contributed by atoms with Gasteiger partial charge in [0, 0.05) is 32.1 Å². The van der Waals surface area contributed by atoms with Crippen molar-refractivity contribution in [1.29, 1.82) is 0 Å². The third-order valence-electron chi connectivity index (χ3n) is 2.97. The lowest BCUT2D eigenvalue weighted by atomic mass is 10.1. The third kappa shape index (κ3) is 6.06. The van der Waals surface area contributed by atoms with E-state index in [1.54, 1.807) is 12.0 Å². The van der Waals surface area contributed by atoms with E-state index in [-0.39, 0.29) is 11.4 Å². The number of amides is 1. The number of carbonyl (C=O) groups is 1. The van der Waals surface area contributed by atoms with Gasteiger partial charge in [0.1, 0.15) is 5.75 Å². The molecule has 1 aromatic rings. The van der Waals surface area contributed by atoms with Crippen LogP contribution in [-0.4, -0.2) is 37.0 Å². The molecule has 0 fully saturated rings. The minimum absolute atomic E-state index is 0.0473. The number of rotatable bonds is 6. The van der Waals surface area contributed by atoms with E-state index < -0.39 is 0 Å². The van der Waals surface area contributed by atoms with Gasteiger partial charge in [0.05, 0.1) is 7.11 Å². The van der Waals surface area contributed by atoms with Gasteiger partial charge < -0.3 is 15.0 Å². The lowest BCUT2D eigenvalue weighted by Crippen LogP contribution is -2.38. The van der Waals surface area contributed by atoms with Crippen LogP contribution in [-0.2, 0) is 11.3 Å². The standard InChI is InChI=1S/C16H26N2O2/c1-16(2,3)17-10-9-15(19)18(4)12-13-7-6-8-14(11-13)20-5/h6-8,11,17H,9-10,12H2,1-5H3. The minimum Gasteiger partial charge on any atom is -0.497 e. The van der Waals surface area contributed by atoms with Crippen LogP contribution < -0.4 is 10.1 Å². The second-order valence-electron chi connectivity index (χ2n) is 6.03. The van der Waals surface area contributed by atoms with Gasteiger partial charge in [0.2, 0.25) is 5.91 Å². The van der Waals surface area contributed by atoms with Gasteiger partial charge >= 0.3 is 0 Å². The molecule has 1 amide bonds. The highest BCUT2D eigenvalue weighted by Gasteiger charge is 2.12. The molecule has 0 saturated carbocycles. The normalized spacial score (nSPS) is 11.2. The molecule has 0 atom stereocenters. The summed E-state index contributed by atoms with van der Waals surface area (Å²) in [5.41, 5.74) is 1.12. The molecular formula is C16H26N2O2. The predicted octanol–water partition coefficient (Wildman–Crippen LogP) is 2.43. The van der Waals surface area contributed by atoms with Crippen molar-refractivity contribution in [3.8, 4) is 5.75 Å². The van der Waals surface area contributed by atoms with E-state index in [2.05, 4.69) is 26.1 Å². The van der Waals surface area contributed by atoms with Gasteiger partial charge in [-0.25, -0.2) is 0 Å². The van der Waals surface area contributed by atoms with Crippen LogP contribution in [0.25, 0.3) is 0 Å². The van der Waals surface area contributed by atoms with E-state index in [0.717, 1.165) is 11.3 Å². The molecule has 0 aliphatic carbocycles. The number of carbonyl (C=O) groups excluding carboxylic acids is 1. The number of hydrogen-bond donors (Lipinski definition) is 1. The van der Waals surface area contributed by atoms with Crippen molar-refractivity contribution < 1.29 is 9.53 Å². The van der Waals surface area contributed by atoms with Gasteiger partial charge in [0.15, 0.2) is 0 Å². The van der Waals surface area contributed by atoms with Crippen LogP contribution in [0.5, 0.6) is 5.75 Å². The first-order chi connectivity index (χ1) is 9.31. The first kappa shape index (κ1) is 16.5. The number of hydrogen-bond acceptors (Lipinski definition) is 3. The molecule has 0 saturated heterocycles. The van der Waals surface area contributed by atoms with Crippen molar-refractivity contribution in [2.75, 3.05) is 20.7 Å². The van der Waals surface area contributed by atoms with E-state index in [9.17, 15) is 4.79 Å². The van der Waals surface area contributed by atoms with Crippen LogP contribution in [0.3, 0.4) is 0 Å². The first-order valence-corrected chi connectivity index (χ1v) is 6.94. The van der Waals surface area contributed by atoms with Crippen molar-refractivity contribution in [2.45, 2.75) is 39.3 Å². The molecule has 1 aromatic carbocycles. The van der Waals surface area contributed by atoms with Crippen molar-refractivity contribution in [2.24, 2.45) is 0 Å². The van der Waals surface area contributed by atoms with Gasteiger partial charge in [-0.2, -0.15) is 0 Å². The fourth-order valence-corrected chi connectivity index (χ4v) is 1.87. The summed E-state index contributed by atoms with van der Waals surface area (Å²) in [5.74, 6) is 0.960. The topological polar surface area (TPSA) is 41.6 Å². The molecule has 112 valence electrons. The Morgan fingerprint density at radius 2 is 2.05 bits per heavy atom. The summed E-state index contributed by atoms with van der Waals surface area (Å²) in [6.07, 6.45) is 0.512. The molecule has 4 heteroatoms. The quantitative estimate of drug-likeness (QED) is 0.869. The maximum Gasteiger partial charge on any atom is 0.223 e. The Labute approximate surface area is 122 Å². The highest BCUT2D eigenvalue weighted by atomic mass is 16.5. The third-order valence-corrected chi connectivity index (χ3v) is 2.97. The smallest absolute Gasteiger partial charge is 0.223 e. The van der Waals surface area contributed by atoms with Crippen LogP contribution in [0.2, 0.25) is 0 Å². The lowest BCUT2D eigenvalue weighted by molar-refractivity contribution is -0.130. The number of nitrogens with one attached hydrogen (secondary N) is 1. The minimum atomic E-state index is 0.0473. The molecule has 0 bridgehead atoms. The Kier molecular flexibility index (Phi) is 6.02. The van der Waals surface area contributed by atoms with Crippen molar-refractivity contribution in [3.05, 3.63) is 29.8 Å².